The highest BCUT2D eigenvalue weighted by atomic mass is 16.2. The number of carbonyl (C=O) groups is 1. The molecule has 3 aromatic rings. The average Bonchev–Trinajstić information content (AvgIpc) is 2.53. The van der Waals surface area contributed by atoms with E-state index in [4.69, 9.17) is 0 Å². The molecular weight excluding hydrogens is 278 g/mol. The van der Waals surface area contributed by atoms with Crippen LogP contribution in [0.3, 0.4) is 0 Å². The standard InChI is InChI=1S/C17H15N3O2/c1-11-7-8-15(18-10-11)19-16(21)13-9-12-5-3-4-6-14(12)20(2)17(13)22/h3-10H,1-2H3,(H,18,19,21). The lowest BCUT2D eigenvalue weighted by Crippen LogP contribution is -2.28. The van der Waals surface area contributed by atoms with Gasteiger partial charge in [-0.25, -0.2) is 4.98 Å². The summed E-state index contributed by atoms with van der Waals surface area (Å²) in [5.74, 6) is -0.0338. The van der Waals surface area contributed by atoms with Crippen LogP contribution in [0.5, 0.6) is 0 Å². The Hall–Kier alpha value is -2.95. The zero-order valence-corrected chi connectivity index (χ0v) is 12.3. The lowest BCUT2D eigenvalue weighted by Gasteiger charge is -2.09. The number of carbonyl (C=O) groups excluding carboxylic acids is 1. The molecule has 0 saturated carbocycles. The fraction of sp³-hybridized carbons (Fsp3) is 0.118. The second-order valence-corrected chi connectivity index (χ2v) is 5.16. The monoisotopic (exact) mass is 293 g/mol. The number of hydrogen-bond donors (Lipinski definition) is 1. The Morgan fingerprint density at radius 2 is 1.95 bits per heavy atom. The van der Waals surface area contributed by atoms with Gasteiger partial charge in [0.05, 0.1) is 5.52 Å². The zero-order chi connectivity index (χ0) is 15.7. The minimum atomic E-state index is -0.456. The molecule has 1 amide bonds. The Kier molecular flexibility index (Phi) is 3.47. The number of nitrogens with zero attached hydrogens (tertiary/aromatic N) is 2. The predicted molar refractivity (Wildman–Crippen MR) is 86.1 cm³/mol. The zero-order valence-electron chi connectivity index (χ0n) is 12.3. The van der Waals surface area contributed by atoms with E-state index in [1.54, 1.807) is 25.4 Å². The molecule has 0 bridgehead atoms. The Morgan fingerprint density at radius 3 is 2.68 bits per heavy atom. The van der Waals surface area contributed by atoms with Gasteiger partial charge >= 0.3 is 0 Å². The molecule has 0 aliphatic heterocycles. The van der Waals surface area contributed by atoms with E-state index >= 15 is 0 Å². The third-order valence-corrected chi connectivity index (χ3v) is 3.53. The number of pyridine rings is 2. The summed E-state index contributed by atoms with van der Waals surface area (Å²) in [6.45, 7) is 1.91. The van der Waals surface area contributed by atoms with Crippen LogP contribution in [-0.2, 0) is 7.05 Å². The van der Waals surface area contributed by atoms with Gasteiger partial charge in [0.2, 0.25) is 0 Å². The summed E-state index contributed by atoms with van der Waals surface area (Å²) >= 11 is 0. The van der Waals surface area contributed by atoms with Crippen molar-refractivity contribution in [3.8, 4) is 0 Å². The van der Waals surface area contributed by atoms with Gasteiger partial charge in [0.1, 0.15) is 11.4 Å². The summed E-state index contributed by atoms with van der Waals surface area (Å²) in [6.07, 6.45) is 1.66. The molecule has 0 spiro atoms. The van der Waals surface area contributed by atoms with Crippen molar-refractivity contribution in [1.29, 1.82) is 0 Å². The van der Waals surface area contributed by atoms with Gasteiger partial charge in [0.15, 0.2) is 0 Å². The van der Waals surface area contributed by atoms with Gasteiger partial charge < -0.3 is 9.88 Å². The predicted octanol–water partition coefficient (Wildman–Crippen LogP) is 2.49. The third kappa shape index (κ3) is 2.48. The number of aromatic nitrogens is 2. The van der Waals surface area contributed by atoms with Gasteiger partial charge in [0, 0.05) is 13.2 Å². The van der Waals surface area contributed by atoms with Crippen LogP contribution in [0.2, 0.25) is 0 Å². The molecule has 5 heteroatoms. The minimum Gasteiger partial charge on any atom is -0.311 e. The maximum Gasteiger partial charge on any atom is 0.263 e. The maximum absolute atomic E-state index is 12.4. The van der Waals surface area contributed by atoms with E-state index in [1.165, 1.54) is 4.57 Å². The van der Waals surface area contributed by atoms with Crippen molar-refractivity contribution in [2.75, 3.05) is 5.32 Å². The second kappa shape index (κ2) is 5.44. The summed E-state index contributed by atoms with van der Waals surface area (Å²) in [5.41, 5.74) is 1.56. The molecular formula is C17H15N3O2. The molecule has 0 aliphatic carbocycles. The van der Waals surface area contributed by atoms with E-state index < -0.39 is 5.91 Å². The van der Waals surface area contributed by atoms with Gasteiger partial charge in [0.25, 0.3) is 11.5 Å². The number of hydrogen-bond acceptors (Lipinski definition) is 3. The van der Waals surface area contributed by atoms with Gasteiger partial charge in [-0.1, -0.05) is 24.3 Å². The lowest BCUT2D eigenvalue weighted by atomic mass is 10.1. The summed E-state index contributed by atoms with van der Waals surface area (Å²) in [7, 11) is 1.66. The van der Waals surface area contributed by atoms with E-state index in [2.05, 4.69) is 10.3 Å². The number of nitrogens with one attached hydrogen (secondary N) is 1. The van der Waals surface area contributed by atoms with Gasteiger partial charge in [-0.2, -0.15) is 0 Å². The van der Waals surface area contributed by atoms with E-state index in [1.807, 2.05) is 37.3 Å². The van der Waals surface area contributed by atoms with Crippen LogP contribution in [0.25, 0.3) is 10.9 Å². The first-order valence-corrected chi connectivity index (χ1v) is 6.89. The smallest absolute Gasteiger partial charge is 0.263 e. The van der Waals surface area contributed by atoms with Crippen molar-refractivity contribution < 1.29 is 4.79 Å². The SMILES string of the molecule is Cc1ccc(NC(=O)c2cc3ccccc3n(C)c2=O)nc1. The number of anilines is 1. The van der Waals surface area contributed by atoms with Gasteiger partial charge in [-0.3, -0.25) is 9.59 Å². The van der Waals surface area contributed by atoms with Crippen LogP contribution in [0.4, 0.5) is 5.82 Å². The molecule has 2 aromatic heterocycles. The number of benzene rings is 1. The highest BCUT2D eigenvalue weighted by Gasteiger charge is 2.14. The molecule has 1 N–H and O–H groups in total. The normalized spacial score (nSPS) is 10.6. The highest BCUT2D eigenvalue weighted by molar-refractivity contribution is 6.05. The summed E-state index contributed by atoms with van der Waals surface area (Å²) in [5, 5.41) is 3.49. The van der Waals surface area contributed by atoms with Crippen LogP contribution in [0.15, 0.2) is 53.5 Å². The average molecular weight is 293 g/mol. The number of para-hydroxylation sites is 1. The minimum absolute atomic E-state index is 0.101. The van der Waals surface area contributed by atoms with Gasteiger partial charge in [-0.05, 0) is 36.1 Å². The lowest BCUT2D eigenvalue weighted by molar-refractivity contribution is 0.102. The molecule has 0 aliphatic rings. The van der Waals surface area contributed by atoms with E-state index in [9.17, 15) is 9.59 Å². The number of aryl methyl sites for hydroxylation is 2. The van der Waals surface area contributed by atoms with E-state index in [0.717, 1.165) is 16.5 Å². The van der Waals surface area contributed by atoms with Crippen molar-refractivity contribution >= 4 is 22.6 Å². The molecule has 5 nitrogen and oxygen atoms in total. The Labute approximate surface area is 127 Å². The Balaban J connectivity index is 2.02. The molecule has 0 atom stereocenters. The van der Waals surface area contributed by atoms with Crippen LogP contribution in [-0.4, -0.2) is 15.5 Å². The number of amides is 1. The van der Waals surface area contributed by atoms with Crippen LogP contribution in [0, 0.1) is 6.92 Å². The molecule has 2 heterocycles. The summed E-state index contributed by atoms with van der Waals surface area (Å²) in [4.78, 5) is 28.8. The van der Waals surface area contributed by atoms with Crippen molar-refractivity contribution in [2.24, 2.45) is 7.05 Å². The quantitative estimate of drug-likeness (QED) is 0.789. The Morgan fingerprint density at radius 1 is 1.18 bits per heavy atom. The molecule has 3 rings (SSSR count). The molecule has 0 saturated heterocycles. The van der Waals surface area contributed by atoms with E-state index in [0.29, 0.717) is 5.82 Å². The fourth-order valence-corrected chi connectivity index (χ4v) is 2.31. The van der Waals surface area contributed by atoms with Crippen molar-refractivity contribution in [3.05, 3.63) is 70.1 Å². The molecule has 0 unspecified atom stereocenters. The van der Waals surface area contributed by atoms with Crippen molar-refractivity contribution in [2.45, 2.75) is 6.92 Å². The van der Waals surface area contributed by atoms with Gasteiger partial charge in [-0.15, -0.1) is 0 Å². The van der Waals surface area contributed by atoms with Crippen LogP contribution < -0.4 is 10.9 Å². The molecule has 0 radical (unpaired) electrons. The summed E-state index contributed by atoms with van der Waals surface area (Å²) in [6, 6.07) is 12.6. The molecule has 22 heavy (non-hydrogen) atoms. The third-order valence-electron chi connectivity index (χ3n) is 3.53. The largest absolute Gasteiger partial charge is 0.311 e. The van der Waals surface area contributed by atoms with Crippen LogP contribution >= 0.6 is 0 Å². The molecule has 1 aromatic carbocycles. The first-order valence-electron chi connectivity index (χ1n) is 6.89. The first kappa shape index (κ1) is 14.0. The van der Waals surface area contributed by atoms with Crippen LogP contribution in [0.1, 0.15) is 15.9 Å². The van der Waals surface area contributed by atoms with E-state index in [-0.39, 0.29) is 11.1 Å². The fourth-order valence-electron chi connectivity index (χ4n) is 2.31. The van der Waals surface area contributed by atoms with Crippen molar-refractivity contribution in [3.63, 3.8) is 0 Å². The summed E-state index contributed by atoms with van der Waals surface area (Å²) < 4.78 is 1.48. The van der Waals surface area contributed by atoms with Crippen molar-refractivity contribution in [1.82, 2.24) is 9.55 Å². The number of rotatable bonds is 2. The molecule has 110 valence electrons. The first-order chi connectivity index (χ1) is 10.6. The highest BCUT2D eigenvalue weighted by Crippen LogP contribution is 2.13. The second-order valence-electron chi connectivity index (χ2n) is 5.16. The number of fused-ring (bicyclic) bond motifs is 1. The Bertz CT molecular complexity index is 911. The maximum atomic E-state index is 12.4. The topological polar surface area (TPSA) is 64.0 Å². The molecule has 0 fully saturated rings.